The first-order chi connectivity index (χ1) is 16.2. The van der Waals surface area contributed by atoms with Gasteiger partial charge in [-0.1, -0.05) is 30.3 Å². The predicted octanol–water partition coefficient (Wildman–Crippen LogP) is -1.34. The summed E-state index contributed by atoms with van der Waals surface area (Å²) < 4.78 is 20.7. The quantitative estimate of drug-likeness (QED) is 0.231. The van der Waals surface area contributed by atoms with Crippen molar-refractivity contribution in [2.24, 2.45) is 0 Å². The van der Waals surface area contributed by atoms with Crippen LogP contribution in [0, 0.1) is 0 Å². The van der Waals surface area contributed by atoms with E-state index in [-0.39, 0.29) is 12.0 Å². The van der Waals surface area contributed by atoms with Crippen molar-refractivity contribution in [3.8, 4) is 0 Å². The van der Waals surface area contributed by atoms with Crippen LogP contribution in [0.3, 0.4) is 0 Å². The van der Waals surface area contributed by atoms with Crippen molar-refractivity contribution >= 4 is 18.0 Å². The fraction of sp³-hybridized carbons (Fsp3) is 0.478. The second-order valence-electron chi connectivity index (χ2n) is 7.93. The van der Waals surface area contributed by atoms with Gasteiger partial charge in [0.2, 0.25) is 0 Å². The number of aliphatic hydroxyl groups is 5. The van der Waals surface area contributed by atoms with Crippen LogP contribution in [-0.2, 0) is 28.5 Å². The summed E-state index contributed by atoms with van der Waals surface area (Å²) in [5, 5.41) is 51.0. The predicted molar refractivity (Wildman–Crippen MR) is 115 cm³/mol. The van der Waals surface area contributed by atoms with E-state index in [1.807, 2.05) is 6.07 Å². The molecule has 1 heterocycles. The summed E-state index contributed by atoms with van der Waals surface area (Å²) in [6, 6.07) is 9.01. The van der Waals surface area contributed by atoms with Gasteiger partial charge >= 0.3 is 11.9 Å². The molecule has 1 aromatic rings. The summed E-state index contributed by atoms with van der Waals surface area (Å²) in [6.45, 7) is -0.466. The molecule has 1 saturated heterocycles. The van der Waals surface area contributed by atoms with E-state index < -0.39 is 67.6 Å². The van der Waals surface area contributed by atoms with E-state index in [1.165, 1.54) is 12.2 Å². The molecule has 1 aliphatic heterocycles. The summed E-state index contributed by atoms with van der Waals surface area (Å²) in [7, 11) is 1.16. The van der Waals surface area contributed by atoms with Gasteiger partial charge in [-0.15, -0.1) is 0 Å². The maximum atomic E-state index is 12.0. The number of ether oxygens (including phenoxy) is 4. The van der Waals surface area contributed by atoms with Gasteiger partial charge in [0.05, 0.1) is 13.2 Å². The Balaban J connectivity index is 1.62. The number of carbonyl (C=O) groups excluding carboxylic acids is 2. The topological polar surface area (TPSA) is 172 Å². The van der Waals surface area contributed by atoms with E-state index in [9.17, 15) is 35.1 Å². The SMILES string of the molecule is COC(=O)C1=C[C@@H](O)[C@@H](O)[C@H](O[C@H]2O[C@H](COC(=O)C=Cc3ccccc3)[C@@H](O)[C@H](O)[C@H]2O)C1. The van der Waals surface area contributed by atoms with Crippen molar-refractivity contribution in [3.05, 3.63) is 53.6 Å². The Labute approximate surface area is 195 Å². The van der Waals surface area contributed by atoms with Crippen LogP contribution in [-0.4, -0.2) is 100 Å². The van der Waals surface area contributed by atoms with Gasteiger partial charge in [-0.05, 0) is 17.7 Å². The number of hydrogen-bond acceptors (Lipinski definition) is 11. The largest absolute Gasteiger partial charge is 0.466 e. The number of carbonyl (C=O) groups is 2. The van der Waals surface area contributed by atoms with Gasteiger partial charge in [0.25, 0.3) is 0 Å². The van der Waals surface area contributed by atoms with E-state index in [2.05, 4.69) is 4.74 Å². The fourth-order valence-electron chi connectivity index (χ4n) is 3.62. The third-order valence-electron chi connectivity index (χ3n) is 5.55. The molecule has 8 atom stereocenters. The van der Waals surface area contributed by atoms with Gasteiger partial charge in [-0.3, -0.25) is 0 Å². The van der Waals surface area contributed by atoms with Crippen LogP contribution in [0.25, 0.3) is 6.08 Å². The third kappa shape index (κ3) is 6.27. The normalized spacial score (nSPS) is 33.9. The maximum absolute atomic E-state index is 12.0. The first-order valence-electron chi connectivity index (χ1n) is 10.6. The Hall–Kier alpha value is -2.64. The molecule has 1 fully saturated rings. The first kappa shape index (κ1) is 26.0. The lowest BCUT2D eigenvalue weighted by Gasteiger charge is -2.42. The van der Waals surface area contributed by atoms with Crippen molar-refractivity contribution in [2.45, 2.75) is 55.4 Å². The minimum Gasteiger partial charge on any atom is -0.466 e. The van der Waals surface area contributed by atoms with Gasteiger partial charge in [-0.25, -0.2) is 9.59 Å². The Morgan fingerprint density at radius 3 is 2.41 bits per heavy atom. The minimum atomic E-state index is -1.73. The number of methoxy groups -OCH3 is 1. The molecule has 2 aliphatic rings. The first-order valence-corrected chi connectivity index (χ1v) is 10.6. The van der Waals surface area contributed by atoms with Gasteiger partial charge in [0.15, 0.2) is 6.29 Å². The van der Waals surface area contributed by atoms with E-state index in [0.29, 0.717) is 0 Å². The van der Waals surface area contributed by atoms with Crippen molar-refractivity contribution in [2.75, 3.05) is 13.7 Å². The summed E-state index contributed by atoms with van der Waals surface area (Å²) >= 11 is 0. The Morgan fingerprint density at radius 1 is 1.03 bits per heavy atom. The average molecular weight is 480 g/mol. The molecule has 0 aromatic heterocycles. The number of hydrogen-bond donors (Lipinski definition) is 5. The average Bonchev–Trinajstić information content (AvgIpc) is 2.84. The summed E-state index contributed by atoms with van der Waals surface area (Å²) in [5.41, 5.74) is 0.820. The highest BCUT2D eigenvalue weighted by atomic mass is 16.7. The molecule has 1 aliphatic carbocycles. The molecule has 0 amide bonds. The number of aliphatic hydroxyl groups excluding tert-OH is 5. The fourth-order valence-corrected chi connectivity index (χ4v) is 3.62. The third-order valence-corrected chi connectivity index (χ3v) is 5.55. The lowest BCUT2D eigenvalue weighted by Crippen LogP contribution is -2.60. The molecule has 0 bridgehead atoms. The summed E-state index contributed by atoms with van der Waals surface area (Å²) in [5.74, 6) is -1.45. The smallest absolute Gasteiger partial charge is 0.333 e. The number of esters is 2. The molecule has 1 aromatic carbocycles. The Morgan fingerprint density at radius 2 is 1.74 bits per heavy atom. The zero-order valence-electron chi connectivity index (χ0n) is 18.3. The molecule has 0 spiro atoms. The van der Waals surface area contributed by atoms with Gasteiger partial charge in [0.1, 0.15) is 43.2 Å². The van der Waals surface area contributed by atoms with Crippen LogP contribution in [0.2, 0.25) is 0 Å². The van der Waals surface area contributed by atoms with Crippen LogP contribution < -0.4 is 0 Å². The number of benzene rings is 1. The summed E-state index contributed by atoms with van der Waals surface area (Å²) in [6.07, 6.45) is -8.30. The molecule has 0 radical (unpaired) electrons. The van der Waals surface area contributed by atoms with Crippen molar-refractivity contribution in [3.63, 3.8) is 0 Å². The van der Waals surface area contributed by atoms with E-state index in [0.717, 1.165) is 18.7 Å². The molecule has 0 unspecified atom stereocenters. The molecule has 11 heteroatoms. The highest BCUT2D eigenvalue weighted by Crippen LogP contribution is 2.29. The highest BCUT2D eigenvalue weighted by molar-refractivity contribution is 5.88. The molecule has 186 valence electrons. The van der Waals surface area contributed by atoms with Crippen LogP contribution in [0.1, 0.15) is 12.0 Å². The van der Waals surface area contributed by atoms with E-state index in [4.69, 9.17) is 14.2 Å². The van der Waals surface area contributed by atoms with Crippen LogP contribution in [0.15, 0.2) is 48.1 Å². The van der Waals surface area contributed by atoms with Crippen molar-refractivity contribution in [1.82, 2.24) is 0 Å². The van der Waals surface area contributed by atoms with Crippen LogP contribution >= 0.6 is 0 Å². The van der Waals surface area contributed by atoms with Crippen molar-refractivity contribution in [1.29, 1.82) is 0 Å². The molecule has 0 saturated carbocycles. The standard InChI is InChI=1S/C23H28O11/c1-31-22(30)13-9-14(24)18(26)15(10-13)33-23-21(29)20(28)19(27)16(34-23)11-32-17(25)8-7-12-5-3-2-4-6-12/h2-9,14-16,18-21,23-24,26-29H,10-11H2,1H3/t14-,15-,16-,18-,19-,20+,21-,23+/m1/s1. The zero-order valence-corrected chi connectivity index (χ0v) is 18.3. The molecule has 34 heavy (non-hydrogen) atoms. The Bertz CT molecular complexity index is 899. The highest BCUT2D eigenvalue weighted by Gasteiger charge is 2.47. The van der Waals surface area contributed by atoms with Gasteiger partial charge in [-0.2, -0.15) is 0 Å². The molecular formula is C23H28O11. The second-order valence-corrected chi connectivity index (χ2v) is 7.93. The van der Waals surface area contributed by atoms with Gasteiger partial charge in [0, 0.05) is 18.1 Å². The Kier molecular flexibility index (Phi) is 8.91. The molecular weight excluding hydrogens is 452 g/mol. The number of rotatable bonds is 7. The maximum Gasteiger partial charge on any atom is 0.333 e. The summed E-state index contributed by atoms with van der Waals surface area (Å²) in [4.78, 5) is 23.8. The van der Waals surface area contributed by atoms with Crippen molar-refractivity contribution < 1.29 is 54.1 Å². The zero-order chi connectivity index (χ0) is 24.8. The lowest BCUT2D eigenvalue weighted by atomic mass is 9.91. The molecule has 5 N–H and O–H groups in total. The van der Waals surface area contributed by atoms with Crippen LogP contribution in [0.4, 0.5) is 0 Å². The van der Waals surface area contributed by atoms with E-state index in [1.54, 1.807) is 24.3 Å². The lowest BCUT2D eigenvalue weighted by molar-refractivity contribution is -0.319. The molecule has 3 rings (SSSR count). The molecule has 11 nitrogen and oxygen atoms in total. The monoisotopic (exact) mass is 480 g/mol. The minimum absolute atomic E-state index is 0.0480. The second kappa shape index (κ2) is 11.7. The van der Waals surface area contributed by atoms with Crippen LogP contribution in [0.5, 0.6) is 0 Å². The van der Waals surface area contributed by atoms with E-state index >= 15 is 0 Å². The van der Waals surface area contributed by atoms with Gasteiger partial charge < -0.3 is 44.5 Å².